The van der Waals surface area contributed by atoms with Crippen LogP contribution in [0.15, 0.2) is 24.8 Å². The first-order valence-corrected chi connectivity index (χ1v) is 4.46. The topological polar surface area (TPSA) is 0 Å². The SMILES string of the molecule is C=C(CBr)c1ccc(F)cc1F. The molecule has 1 aromatic rings. The molecule has 64 valence electrons. The van der Waals surface area contributed by atoms with Crippen molar-refractivity contribution in [1.29, 1.82) is 0 Å². The van der Waals surface area contributed by atoms with E-state index in [1.54, 1.807) is 0 Å². The Bertz CT molecular complexity index is 307. The molecule has 1 aromatic carbocycles. The van der Waals surface area contributed by atoms with Crippen molar-refractivity contribution in [1.82, 2.24) is 0 Å². The summed E-state index contributed by atoms with van der Waals surface area (Å²) in [6.45, 7) is 3.62. The van der Waals surface area contributed by atoms with E-state index < -0.39 is 11.6 Å². The maximum absolute atomic E-state index is 13.0. The largest absolute Gasteiger partial charge is 0.207 e. The average molecular weight is 233 g/mol. The van der Waals surface area contributed by atoms with Gasteiger partial charge in [0.1, 0.15) is 11.6 Å². The van der Waals surface area contributed by atoms with Crippen LogP contribution in [0.1, 0.15) is 5.56 Å². The fraction of sp³-hybridized carbons (Fsp3) is 0.111. The van der Waals surface area contributed by atoms with Crippen LogP contribution >= 0.6 is 15.9 Å². The standard InChI is InChI=1S/C9H7BrF2/c1-6(5-10)8-3-2-7(11)4-9(8)12/h2-4H,1,5H2. The molecule has 0 radical (unpaired) electrons. The summed E-state index contributed by atoms with van der Waals surface area (Å²) in [7, 11) is 0. The minimum Gasteiger partial charge on any atom is -0.207 e. The summed E-state index contributed by atoms with van der Waals surface area (Å²) in [6.07, 6.45) is 0. The van der Waals surface area contributed by atoms with Gasteiger partial charge in [-0.05, 0) is 17.7 Å². The molecule has 0 fully saturated rings. The van der Waals surface area contributed by atoms with Crippen molar-refractivity contribution in [2.24, 2.45) is 0 Å². The summed E-state index contributed by atoms with van der Waals surface area (Å²) in [4.78, 5) is 0. The van der Waals surface area contributed by atoms with Crippen molar-refractivity contribution < 1.29 is 8.78 Å². The number of benzene rings is 1. The van der Waals surface area contributed by atoms with Crippen LogP contribution in [-0.4, -0.2) is 5.33 Å². The molecule has 3 heteroatoms. The normalized spacial score (nSPS) is 9.92. The van der Waals surface area contributed by atoms with E-state index in [9.17, 15) is 8.78 Å². The van der Waals surface area contributed by atoms with E-state index in [1.165, 1.54) is 12.1 Å². The number of halogens is 3. The maximum atomic E-state index is 13.0. The van der Waals surface area contributed by atoms with Crippen LogP contribution in [0.5, 0.6) is 0 Å². The lowest BCUT2D eigenvalue weighted by Gasteiger charge is -2.02. The highest BCUT2D eigenvalue weighted by Gasteiger charge is 2.05. The van der Waals surface area contributed by atoms with Crippen LogP contribution in [0.3, 0.4) is 0 Å². The molecule has 12 heavy (non-hydrogen) atoms. The molecule has 0 aromatic heterocycles. The zero-order valence-corrected chi connectivity index (χ0v) is 7.87. The van der Waals surface area contributed by atoms with Crippen LogP contribution in [0.2, 0.25) is 0 Å². The summed E-state index contributed by atoms with van der Waals surface area (Å²) < 4.78 is 25.4. The smallest absolute Gasteiger partial charge is 0.133 e. The predicted octanol–water partition coefficient (Wildman–Crippen LogP) is 3.37. The molecule has 0 unspecified atom stereocenters. The molecular formula is C9H7BrF2. The Morgan fingerprint density at radius 1 is 1.42 bits per heavy atom. The molecule has 0 nitrogen and oxygen atoms in total. The van der Waals surface area contributed by atoms with E-state index in [2.05, 4.69) is 22.5 Å². The van der Waals surface area contributed by atoms with Gasteiger partial charge in [0.25, 0.3) is 0 Å². The molecule has 0 bridgehead atoms. The first kappa shape index (κ1) is 9.39. The van der Waals surface area contributed by atoms with Crippen molar-refractivity contribution in [2.45, 2.75) is 0 Å². The molecule has 0 N–H and O–H groups in total. The van der Waals surface area contributed by atoms with Crippen molar-refractivity contribution in [3.63, 3.8) is 0 Å². The predicted molar refractivity (Wildman–Crippen MR) is 49.2 cm³/mol. The Balaban J connectivity index is 3.09. The van der Waals surface area contributed by atoms with Gasteiger partial charge in [0.05, 0.1) is 0 Å². The van der Waals surface area contributed by atoms with E-state index in [0.29, 0.717) is 16.5 Å². The summed E-state index contributed by atoms with van der Waals surface area (Å²) in [5.74, 6) is -1.14. The second-order valence-corrected chi connectivity index (χ2v) is 2.92. The van der Waals surface area contributed by atoms with Crippen molar-refractivity contribution in [3.8, 4) is 0 Å². The fourth-order valence-electron chi connectivity index (χ4n) is 0.848. The number of hydrogen-bond donors (Lipinski definition) is 0. The van der Waals surface area contributed by atoms with Gasteiger partial charge in [-0.15, -0.1) is 0 Å². The Hall–Kier alpha value is -0.700. The number of hydrogen-bond acceptors (Lipinski definition) is 0. The third kappa shape index (κ3) is 1.91. The Morgan fingerprint density at radius 2 is 2.08 bits per heavy atom. The van der Waals surface area contributed by atoms with Gasteiger partial charge in [-0.2, -0.15) is 0 Å². The monoisotopic (exact) mass is 232 g/mol. The third-order valence-corrected chi connectivity index (χ3v) is 2.15. The molecule has 0 saturated heterocycles. The van der Waals surface area contributed by atoms with Gasteiger partial charge in [-0.1, -0.05) is 22.5 Å². The highest BCUT2D eigenvalue weighted by molar-refractivity contribution is 9.09. The van der Waals surface area contributed by atoms with Crippen molar-refractivity contribution in [2.75, 3.05) is 5.33 Å². The molecule has 0 aliphatic carbocycles. The highest BCUT2D eigenvalue weighted by atomic mass is 79.9. The summed E-state index contributed by atoms with van der Waals surface area (Å²) >= 11 is 3.14. The quantitative estimate of drug-likeness (QED) is 0.687. The number of alkyl halides is 1. The molecule has 0 saturated carbocycles. The summed E-state index contributed by atoms with van der Waals surface area (Å²) in [5.41, 5.74) is 0.959. The van der Waals surface area contributed by atoms with Crippen LogP contribution in [0.4, 0.5) is 8.78 Å². The molecule has 0 spiro atoms. The van der Waals surface area contributed by atoms with Gasteiger partial charge in [0.2, 0.25) is 0 Å². The molecule has 0 amide bonds. The lowest BCUT2D eigenvalue weighted by atomic mass is 10.1. The first-order valence-electron chi connectivity index (χ1n) is 3.34. The van der Waals surface area contributed by atoms with E-state index >= 15 is 0 Å². The van der Waals surface area contributed by atoms with E-state index in [-0.39, 0.29) is 0 Å². The van der Waals surface area contributed by atoms with Gasteiger partial charge < -0.3 is 0 Å². The lowest BCUT2D eigenvalue weighted by molar-refractivity contribution is 0.581. The Morgan fingerprint density at radius 3 is 2.58 bits per heavy atom. The number of rotatable bonds is 2. The van der Waals surface area contributed by atoms with Gasteiger partial charge in [0.15, 0.2) is 0 Å². The fourth-order valence-corrected chi connectivity index (χ4v) is 1.15. The van der Waals surface area contributed by atoms with E-state index in [0.717, 1.165) is 6.07 Å². The van der Waals surface area contributed by atoms with Crippen LogP contribution < -0.4 is 0 Å². The van der Waals surface area contributed by atoms with Gasteiger partial charge in [-0.3, -0.25) is 0 Å². The molecule has 1 rings (SSSR count). The molecule has 0 aliphatic rings. The lowest BCUT2D eigenvalue weighted by Crippen LogP contribution is -1.90. The zero-order chi connectivity index (χ0) is 9.14. The Kier molecular flexibility index (Phi) is 2.98. The third-order valence-electron chi connectivity index (χ3n) is 1.47. The molecule has 0 aliphatic heterocycles. The highest BCUT2D eigenvalue weighted by Crippen LogP contribution is 2.18. The minimum atomic E-state index is -0.571. The molecular weight excluding hydrogens is 226 g/mol. The van der Waals surface area contributed by atoms with Gasteiger partial charge >= 0.3 is 0 Å². The van der Waals surface area contributed by atoms with Crippen LogP contribution in [-0.2, 0) is 0 Å². The van der Waals surface area contributed by atoms with Gasteiger partial charge in [0, 0.05) is 17.0 Å². The maximum Gasteiger partial charge on any atom is 0.133 e. The second kappa shape index (κ2) is 3.81. The average Bonchev–Trinajstić information content (AvgIpc) is 2.03. The first-order chi connectivity index (χ1) is 5.65. The second-order valence-electron chi connectivity index (χ2n) is 2.36. The molecule has 0 atom stereocenters. The minimum absolute atomic E-state index is 0.355. The zero-order valence-electron chi connectivity index (χ0n) is 6.28. The molecule has 0 heterocycles. The number of allylic oxidation sites excluding steroid dienone is 1. The van der Waals surface area contributed by atoms with Crippen molar-refractivity contribution >= 4 is 21.5 Å². The van der Waals surface area contributed by atoms with E-state index in [1.807, 2.05) is 0 Å². The summed E-state index contributed by atoms with van der Waals surface area (Å²) in [5, 5.41) is 0.482. The van der Waals surface area contributed by atoms with Crippen molar-refractivity contribution in [3.05, 3.63) is 42.0 Å². The van der Waals surface area contributed by atoms with Crippen LogP contribution in [0.25, 0.3) is 5.57 Å². The Labute approximate surface area is 78.0 Å². The summed E-state index contributed by atoms with van der Waals surface area (Å²) in [6, 6.07) is 3.45. The van der Waals surface area contributed by atoms with Crippen LogP contribution in [0, 0.1) is 11.6 Å². The van der Waals surface area contributed by atoms with Gasteiger partial charge in [-0.25, -0.2) is 8.78 Å². The van der Waals surface area contributed by atoms with E-state index in [4.69, 9.17) is 0 Å².